The van der Waals surface area contributed by atoms with Gasteiger partial charge in [0.05, 0.1) is 0 Å². The molecule has 9 aromatic carbocycles. The quantitative estimate of drug-likeness (QED) is 0.0825. The van der Waals surface area contributed by atoms with Crippen LogP contribution >= 0.6 is 12.2 Å². The predicted molar refractivity (Wildman–Crippen MR) is 297 cm³/mol. The first kappa shape index (κ1) is 53.3. The third-order valence-corrected chi connectivity index (χ3v) is 25.3. The molecule has 0 unspecified atom stereocenters. The van der Waals surface area contributed by atoms with Crippen LogP contribution in [0.15, 0.2) is 297 Å². The van der Waals surface area contributed by atoms with Crippen LogP contribution in [0.2, 0.25) is 0 Å². The number of hydrogen-bond donors (Lipinski definition) is 0. The summed E-state index contributed by atoms with van der Waals surface area (Å²) >= 11 is -0.470. The molecule has 10 aromatic rings. The molecule has 2 nitrogen and oxygen atoms in total. The number of benzene rings is 9. The fraction of sp³-hybridized carbons (Fsp3) is 0.0164. The molecule has 0 radical (unpaired) electrons. The van der Waals surface area contributed by atoms with Gasteiger partial charge in [0.25, 0.3) is 0 Å². The molecule has 0 aliphatic rings. The Morgan fingerprint density at radius 1 is 0.294 bits per heavy atom. The molecule has 0 saturated heterocycles. The summed E-state index contributed by atoms with van der Waals surface area (Å²) in [5, 5.41) is 8.47. The number of hydrogen-bond acceptors (Lipinski definition) is 2. The summed E-state index contributed by atoms with van der Waals surface area (Å²) in [4.78, 5) is 3.98. The van der Waals surface area contributed by atoms with Gasteiger partial charge in [-0.15, -0.1) is 0 Å². The molecule has 0 saturated carbocycles. The fourth-order valence-corrected chi connectivity index (χ4v) is 21.5. The maximum atomic E-state index is 7.13. The second-order valence-electron chi connectivity index (χ2n) is 14.6. The molecule has 0 spiro atoms. The summed E-state index contributed by atoms with van der Waals surface area (Å²) in [5.41, 5.74) is 1.07. The SMILES string of the molecule is Cc1ccccn1.[Ag+].[N-]=C=S.c1ccc([As](c2ccccc2)c2ccccc2)cc1.c1ccc([As](c2ccccc2)c2ccccc2)cc1.c1ccc([As](c2ccccc2)c2ccccc2)cc1. The fourth-order valence-electron chi connectivity index (χ4n) is 6.98. The molecule has 1 aromatic heterocycles. The van der Waals surface area contributed by atoms with Crippen molar-refractivity contribution < 1.29 is 22.4 Å². The van der Waals surface area contributed by atoms with Crippen LogP contribution < -0.4 is 39.2 Å². The Morgan fingerprint density at radius 3 is 0.544 bits per heavy atom. The van der Waals surface area contributed by atoms with E-state index >= 15 is 0 Å². The first-order valence-electron chi connectivity index (χ1n) is 21.9. The van der Waals surface area contributed by atoms with Gasteiger partial charge in [-0.1, -0.05) is 18.3 Å². The van der Waals surface area contributed by atoms with E-state index in [4.69, 9.17) is 5.41 Å². The predicted octanol–water partition coefficient (Wildman–Crippen LogP) is 8.65. The van der Waals surface area contributed by atoms with Gasteiger partial charge < -0.3 is 5.41 Å². The second-order valence-corrected chi connectivity index (χ2v) is 28.7. The summed E-state index contributed by atoms with van der Waals surface area (Å²) in [6.45, 7) is 1.97. The zero-order valence-corrected chi connectivity index (χ0v) is 45.7. The van der Waals surface area contributed by atoms with E-state index in [1.807, 2.05) is 25.1 Å². The zero-order valence-electron chi connectivity index (χ0n) is 37.7. The van der Waals surface area contributed by atoms with Crippen molar-refractivity contribution >= 4 is 100 Å². The molecule has 0 aliphatic carbocycles. The van der Waals surface area contributed by atoms with E-state index in [2.05, 4.69) is 290 Å². The average molecular weight is 1180 g/mol. The van der Waals surface area contributed by atoms with Crippen molar-refractivity contribution in [3.63, 3.8) is 0 Å². The Hall–Kier alpha value is -5.65. The van der Waals surface area contributed by atoms with Crippen molar-refractivity contribution in [1.29, 1.82) is 0 Å². The molecule has 0 N–H and O–H groups in total. The third kappa shape index (κ3) is 17.5. The molecule has 68 heavy (non-hydrogen) atoms. The number of rotatable bonds is 9. The maximum absolute atomic E-state index is 7.13. The second kappa shape index (κ2) is 31.4. The Labute approximate surface area is 439 Å². The summed E-state index contributed by atoms with van der Waals surface area (Å²) in [6.07, 6.45) is 1.79. The van der Waals surface area contributed by atoms with Crippen LogP contribution in [0.3, 0.4) is 0 Å². The number of thiocarbonyl (C=S) groups is 1. The van der Waals surface area contributed by atoms with Gasteiger partial charge >= 0.3 is 378 Å². The number of isothiocyanates is 1. The molecule has 10 rings (SSSR count). The van der Waals surface area contributed by atoms with E-state index in [0.29, 0.717) is 0 Å². The normalized spacial score (nSPS) is 9.88. The molecule has 0 fully saturated rings. The van der Waals surface area contributed by atoms with Crippen LogP contribution in [0.5, 0.6) is 0 Å². The number of aromatic nitrogens is 1. The molecule has 7 heteroatoms. The summed E-state index contributed by atoms with van der Waals surface area (Å²) < 4.78 is 13.3. The molecule has 0 bridgehead atoms. The van der Waals surface area contributed by atoms with Gasteiger partial charge in [0, 0.05) is 11.9 Å². The Kier molecular flexibility index (Phi) is 24.6. The van der Waals surface area contributed by atoms with Gasteiger partial charge in [-0.2, -0.15) is 5.16 Å². The molecule has 338 valence electrons. The first-order chi connectivity index (χ1) is 33.2. The third-order valence-electron chi connectivity index (χ3n) is 9.94. The Bertz CT molecular complexity index is 2290. The van der Waals surface area contributed by atoms with Crippen molar-refractivity contribution in [2.24, 2.45) is 0 Å². The van der Waals surface area contributed by atoms with Crippen molar-refractivity contribution in [2.45, 2.75) is 6.92 Å². The van der Waals surface area contributed by atoms with Crippen LogP contribution in [0.4, 0.5) is 0 Å². The van der Waals surface area contributed by atoms with Gasteiger partial charge in [0.15, 0.2) is 0 Å². The topological polar surface area (TPSA) is 35.2 Å². The van der Waals surface area contributed by atoms with E-state index in [1.165, 1.54) is 44.3 Å². The van der Waals surface area contributed by atoms with E-state index in [9.17, 15) is 0 Å². The molecule has 0 aliphatic heterocycles. The van der Waals surface area contributed by atoms with E-state index < -0.39 is 44.0 Å². The van der Waals surface area contributed by atoms with Crippen molar-refractivity contribution in [3.05, 3.63) is 308 Å². The minimum absolute atomic E-state index is 0. The van der Waals surface area contributed by atoms with E-state index in [1.54, 1.807) is 6.20 Å². The summed E-state index contributed by atoms with van der Waals surface area (Å²) in [5.74, 6) is 0. The van der Waals surface area contributed by atoms with Crippen LogP contribution in [0, 0.1) is 6.92 Å². The van der Waals surface area contributed by atoms with Gasteiger partial charge in [0.1, 0.15) is 0 Å². The Balaban J connectivity index is 0.000000172. The minimum atomic E-state index is -1.39. The van der Waals surface area contributed by atoms with Crippen LogP contribution in [-0.4, -0.2) is 54.1 Å². The van der Waals surface area contributed by atoms with Gasteiger partial charge in [-0.05, 0) is 19.1 Å². The van der Waals surface area contributed by atoms with Crippen molar-refractivity contribution in [3.8, 4) is 0 Å². The van der Waals surface area contributed by atoms with E-state index in [0.717, 1.165) is 5.69 Å². The molecule has 0 amide bonds. The number of nitrogens with zero attached hydrogens (tertiary/aromatic N) is 2. The van der Waals surface area contributed by atoms with Gasteiger partial charge in [-0.3, -0.25) is 4.98 Å². The van der Waals surface area contributed by atoms with E-state index in [-0.39, 0.29) is 22.4 Å². The van der Waals surface area contributed by atoms with Crippen molar-refractivity contribution in [1.82, 2.24) is 4.98 Å². The first-order valence-corrected chi connectivity index (χ1v) is 30.8. The van der Waals surface area contributed by atoms with Gasteiger partial charge in [-0.25, -0.2) is 0 Å². The van der Waals surface area contributed by atoms with Crippen LogP contribution in [0.1, 0.15) is 5.69 Å². The van der Waals surface area contributed by atoms with Crippen LogP contribution in [-0.2, 0) is 22.4 Å². The van der Waals surface area contributed by atoms with Crippen LogP contribution in [0.25, 0.3) is 5.41 Å². The number of pyridine rings is 1. The molecular formula is C61H52AgAs3N2S. The standard InChI is InChI=1S/3C18H15As.C6H7N.CNS.Ag/c3*1-4-10-16(11-5-1)19(17-12-6-2-7-13-17)18-14-8-3-9-15-18;1-6-4-2-3-5-7-6;2-1-3;/h3*1-15H;2-5H,1H3;;/q;;;;-1;+1. The van der Waals surface area contributed by atoms with Gasteiger partial charge in [0.2, 0.25) is 0 Å². The van der Waals surface area contributed by atoms with Crippen molar-refractivity contribution in [2.75, 3.05) is 0 Å². The summed E-state index contributed by atoms with van der Waals surface area (Å²) in [6, 6.07) is 104. The Morgan fingerprint density at radius 2 is 0.441 bits per heavy atom. The molecule has 0 atom stereocenters. The average Bonchev–Trinajstić information content (AvgIpc) is 3.41. The monoisotopic (exact) mass is 1180 g/mol. The zero-order chi connectivity index (χ0) is 46.6. The summed E-state index contributed by atoms with van der Waals surface area (Å²) in [7, 11) is 0. The molecule has 1 heterocycles. The molecular weight excluding hydrogens is 1130 g/mol. The number of aryl methyl sites for hydroxylation is 1.